The fourth-order valence-electron chi connectivity index (χ4n) is 1.99. The van der Waals surface area contributed by atoms with Crippen LogP contribution in [-0.2, 0) is 0 Å². The molecule has 0 saturated heterocycles. The number of hydrogen-bond donors (Lipinski definition) is 1. The smallest absolute Gasteiger partial charge is 0.0469 e. The van der Waals surface area contributed by atoms with Crippen molar-refractivity contribution in [3.8, 4) is 5.69 Å². The molecule has 18 heavy (non-hydrogen) atoms. The van der Waals surface area contributed by atoms with Crippen molar-refractivity contribution in [2.45, 2.75) is 25.8 Å². The van der Waals surface area contributed by atoms with Crippen LogP contribution < -0.4 is 5.32 Å². The third kappa shape index (κ3) is 3.27. The van der Waals surface area contributed by atoms with Crippen LogP contribution in [-0.4, -0.2) is 10.6 Å². The van der Waals surface area contributed by atoms with Crippen LogP contribution in [0.2, 0.25) is 0 Å². The molecular formula is C16H20N2. The summed E-state index contributed by atoms with van der Waals surface area (Å²) in [6.07, 6.45) is 8.23. The minimum atomic E-state index is 0.461. The zero-order valence-corrected chi connectivity index (χ0v) is 10.8. The number of anilines is 1. The summed E-state index contributed by atoms with van der Waals surface area (Å²) in [5.41, 5.74) is 2.35. The van der Waals surface area contributed by atoms with Crippen LogP contribution >= 0.6 is 0 Å². The molecule has 2 nitrogen and oxygen atoms in total. The molecule has 2 heteroatoms. The molecule has 0 aliphatic heterocycles. The number of hydrogen-bond acceptors (Lipinski definition) is 1. The van der Waals surface area contributed by atoms with Crippen molar-refractivity contribution in [3.05, 3.63) is 61.4 Å². The van der Waals surface area contributed by atoms with Gasteiger partial charge in [0.2, 0.25) is 0 Å². The Balaban J connectivity index is 2.06. The van der Waals surface area contributed by atoms with Gasteiger partial charge in [-0.05, 0) is 50.1 Å². The first-order valence-electron chi connectivity index (χ1n) is 6.40. The summed E-state index contributed by atoms with van der Waals surface area (Å²) < 4.78 is 2.11. The Morgan fingerprint density at radius 2 is 2.06 bits per heavy atom. The summed E-state index contributed by atoms with van der Waals surface area (Å²) in [6.45, 7) is 5.96. The summed E-state index contributed by atoms with van der Waals surface area (Å²) >= 11 is 0. The van der Waals surface area contributed by atoms with Gasteiger partial charge in [0.1, 0.15) is 0 Å². The predicted molar refractivity (Wildman–Crippen MR) is 78.3 cm³/mol. The van der Waals surface area contributed by atoms with Crippen molar-refractivity contribution in [1.29, 1.82) is 0 Å². The van der Waals surface area contributed by atoms with Gasteiger partial charge < -0.3 is 9.88 Å². The van der Waals surface area contributed by atoms with Crippen molar-refractivity contribution in [2.75, 3.05) is 5.32 Å². The minimum Gasteiger partial charge on any atom is -0.383 e. The van der Waals surface area contributed by atoms with Crippen LogP contribution in [0.15, 0.2) is 61.4 Å². The fourth-order valence-corrected chi connectivity index (χ4v) is 1.99. The Morgan fingerprint density at radius 1 is 1.28 bits per heavy atom. The summed E-state index contributed by atoms with van der Waals surface area (Å²) in [5.74, 6) is 0. The van der Waals surface area contributed by atoms with E-state index in [9.17, 15) is 0 Å². The van der Waals surface area contributed by atoms with Gasteiger partial charge in [0.25, 0.3) is 0 Å². The van der Waals surface area contributed by atoms with Gasteiger partial charge >= 0.3 is 0 Å². The Kier molecular flexibility index (Phi) is 4.24. The van der Waals surface area contributed by atoms with Crippen molar-refractivity contribution in [1.82, 2.24) is 4.57 Å². The van der Waals surface area contributed by atoms with Crippen molar-refractivity contribution < 1.29 is 0 Å². The van der Waals surface area contributed by atoms with Gasteiger partial charge in [-0.25, -0.2) is 0 Å². The Morgan fingerprint density at radius 3 is 2.78 bits per heavy atom. The van der Waals surface area contributed by atoms with E-state index in [4.69, 9.17) is 0 Å². The zero-order valence-electron chi connectivity index (χ0n) is 10.8. The number of nitrogens with zero attached hydrogens (tertiary/aromatic N) is 1. The van der Waals surface area contributed by atoms with Crippen LogP contribution in [0, 0.1) is 0 Å². The van der Waals surface area contributed by atoms with E-state index in [-0.39, 0.29) is 0 Å². The van der Waals surface area contributed by atoms with E-state index in [1.54, 1.807) is 0 Å². The normalized spacial score (nSPS) is 12.1. The first kappa shape index (κ1) is 12.5. The molecule has 0 aliphatic carbocycles. The number of nitrogens with one attached hydrogen (secondary N) is 1. The molecule has 1 N–H and O–H groups in total. The monoisotopic (exact) mass is 240 g/mol. The van der Waals surface area contributed by atoms with Crippen molar-refractivity contribution >= 4 is 5.69 Å². The lowest BCUT2D eigenvalue weighted by Crippen LogP contribution is -2.14. The molecule has 1 heterocycles. The molecule has 0 radical (unpaired) electrons. The molecule has 0 spiro atoms. The lowest BCUT2D eigenvalue weighted by atomic mass is 10.1. The molecule has 1 unspecified atom stereocenters. The van der Waals surface area contributed by atoms with E-state index in [1.807, 2.05) is 18.2 Å². The van der Waals surface area contributed by atoms with Gasteiger partial charge in [0.15, 0.2) is 0 Å². The Hall–Kier alpha value is -1.96. The van der Waals surface area contributed by atoms with Crippen LogP contribution in [0.4, 0.5) is 5.69 Å². The van der Waals surface area contributed by atoms with Crippen LogP contribution in [0.5, 0.6) is 0 Å². The Bertz CT molecular complexity index is 486. The maximum Gasteiger partial charge on any atom is 0.0469 e. The molecular weight excluding hydrogens is 220 g/mol. The van der Waals surface area contributed by atoms with Gasteiger partial charge in [-0.1, -0.05) is 12.1 Å². The zero-order chi connectivity index (χ0) is 12.8. The molecule has 2 aromatic rings. The molecule has 1 aromatic carbocycles. The van der Waals surface area contributed by atoms with E-state index >= 15 is 0 Å². The van der Waals surface area contributed by atoms with E-state index in [1.165, 1.54) is 5.69 Å². The minimum absolute atomic E-state index is 0.461. The van der Waals surface area contributed by atoms with Gasteiger partial charge in [-0.3, -0.25) is 0 Å². The van der Waals surface area contributed by atoms with Crippen molar-refractivity contribution in [2.24, 2.45) is 0 Å². The molecule has 2 rings (SSSR count). The summed E-state index contributed by atoms with van der Waals surface area (Å²) in [6, 6.07) is 13.0. The third-order valence-electron chi connectivity index (χ3n) is 2.97. The molecule has 0 aliphatic rings. The summed E-state index contributed by atoms with van der Waals surface area (Å²) in [5, 5.41) is 3.52. The van der Waals surface area contributed by atoms with E-state index in [2.05, 4.69) is 60.0 Å². The fraction of sp³-hybridized carbons (Fsp3) is 0.250. The molecule has 0 fully saturated rings. The van der Waals surface area contributed by atoms with E-state index < -0.39 is 0 Å². The summed E-state index contributed by atoms with van der Waals surface area (Å²) in [7, 11) is 0. The maximum absolute atomic E-state index is 3.76. The number of allylic oxidation sites excluding steroid dienone is 1. The van der Waals surface area contributed by atoms with Gasteiger partial charge in [-0.15, -0.1) is 6.58 Å². The number of rotatable bonds is 6. The lowest BCUT2D eigenvalue weighted by molar-refractivity contribution is 0.719. The first-order chi connectivity index (χ1) is 8.79. The highest BCUT2D eigenvalue weighted by Gasteiger charge is 2.02. The third-order valence-corrected chi connectivity index (χ3v) is 2.97. The number of benzene rings is 1. The van der Waals surface area contributed by atoms with Gasteiger partial charge in [-0.2, -0.15) is 0 Å². The van der Waals surface area contributed by atoms with Crippen LogP contribution in [0.3, 0.4) is 0 Å². The quantitative estimate of drug-likeness (QED) is 0.747. The molecule has 1 atom stereocenters. The average Bonchev–Trinajstić information content (AvgIpc) is 2.90. The largest absolute Gasteiger partial charge is 0.383 e. The van der Waals surface area contributed by atoms with Gasteiger partial charge in [0, 0.05) is 29.8 Å². The topological polar surface area (TPSA) is 17.0 Å². The van der Waals surface area contributed by atoms with Crippen LogP contribution in [0.1, 0.15) is 19.8 Å². The second-order valence-electron chi connectivity index (χ2n) is 4.55. The molecule has 1 aromatic heterocycles. The predicted octanol–water partition coefficient (Wildman–Crippen LogP) is 4.24. The lowest BCUT2D eigenvalue weighted by Gasteiger charge is -2.15. The molecule has 0 bridgehead atoms. The maximum atomic E-state index is 3.76. The SMILES string of the molecule is C=CCCC(C)Nc1cccc(-n2cccc2)c1. The molecule has 0 saturated carbocycles. The average molecular weight is 240 g/mol. The van der Waals surface area contributed by atoms with Crippen molar-refractivity contribution in [3.63, 3.8) is 0 Å². The highest BCUT2D eigenvalue weighted by Crippen LogP contribution is 2.16. The first-order valence-corrected chi connectivity index (χ1v) is 6.40. The Labute approximate surface area is 109 Å². The number of aromatic nitrogens is 1. The van der Waals surface area contributed by atoms with Crippen LogP contribution in [0.25, 0.3) is 5.69 Å². The highest BCUT2D eigenvalue weighted by atomic mass is 15.0. The standard InChI is InChI=1S/C16H20N2/c1-3-4-8-14(2)17-15-9-7-10-16(13-15)18-11-5-6-12-18/h3,5-7,9-14,17H,1,4,8H2,2H3. The molecule has 0 amide bonds. The van der Waals surface area contributed by atoms with Gasteiger partial charge in [0.05, 0.1) is 0 Å². The summed E-state index contributed by atoms with van der Waals surface area (Å²) in [4.78, 5) is 0. The van der Waals surface area contributed by atoms with E-state index in [0.717, 1.165) is 18.5 Å². The molecule has 94 valence electrons. The second kappa shape index (κ2) is 6.10. The van der Waals surface area contributed by atoms with E-state index in [0.29, 0.717) is 6.04 Å². The highest BCUT2D eigenvalue weighted by molar-refractivity contribution is 5.51. The second-order valence-corrected chi connectivity index (χ2v) is 4.55.